The molecule has 0 bridgehead atoms. The summed E-state index contributed by atoms with van der Waals surface area (Å²) in [7, 11) is 1.95. The van der Waals surface area contributed by atoms with Gasteiger partial charge in [-0.15, -0.1) is 0 Å². The van der Waals surface area contributed by atoms with Crippen molar-refractivity contribution in [2.75, 3.05) is 53.0 Å². The molecule has 5 nitrogen and oxygen atoms in total. The smallest absolute Gasteiger partial charge is 0.193 e. The van der Waals surface area contributed by atoms with Crippen molar-refractivity contribution in [1.82, 2.24) is 15.1 Å². The zero-order chi connectivity index (χ0) is 17.2. The average Bonchev–Trinajstić information content (AvgIpc) is 3.10. The first-order valence-corrected chi connectivity index (χ1v) is 10.5. The molecule has 0 aromatic carbocycles. The third-order valence-electron chi connectivity index (χ3n) is 7.41. The molecule has 0 amide bonds. The number of morpholine rings is 1. The third kappa shape index (κ3) is 3.55. The Bertz CT molecular complexity index is 476. The van der Waals surface area contributed by atoms with Crippen LogP contribution in [0.2, 0.25) is 0 Å². The molecule has 1 N–H and O–H groups in total. The van der Waals surface area contributed by atoms with Gasteiger partial charge in [0.1, 0.15) is 0 Å². The van der Waals surface area contributed by atoms with Gasteiger partial charge < -0.3 is 15.0 Å². The molecule has 5 heteroatoms. The lowest BCUT2D eigenvalue weighted by atomic mass is 9.68. The predicted molar refractivity (Wildman–Crippen MR) is 102 cm³/mol. The summed E-state index contributed by atoms with van der Waals surface area (Å²) in [6.45, 7) is 7.42. The summed E-state index contributed by atoms with van der Waals surface area (Å²) < 4.78 is 5.61. The summed E-state index contributed by atoms with van der Waals surface area (Å²) in [6, 6.07) is 0. The standard InChI is InChI=1S/C20H36N4O/c1-21-18(23-11-10-19(17-23)6-5-7-19)22-16-20(8-3-2-4-9-20)24-12-14-25-15-13-24/h2-17H2,1H3,(H,21,22). The van der Waals surface area contributed by atoms with Gasteiger partial charge in [-0.05, 0) is 37.5 Å². The highest BCUT2D eigenvalue weighted by atomic mass is 16.5. The van der Waals surface area contributed by atoms with Gasteiger partial charge in [-0.1, -0.05) is 25.7 Å². The summed E-state index contributed by atoms with van der Waals surface area (Å²) in [5.74, 6) is 1.14. The maximum absolute atomic E-state index is 5.61. The van der Waals surface area contributed by atoms with Crippen LogP contribution in [0.25, 0.3) is 0 Å². The molecule has 4 rings (SSSR count). The Kier molecular flexibility index (Phi) is 5.23. The topological polar surface area (TPSA) is 40.1 Å². The summed E-state index contributed by atoms with van der Waals surface area (Å²) in [6.07, 6.45) is 12.4. The SMILES string of the molecule is CN=C(NCC1(N2CCOCC2)CCCCC1)N1CCC2(CCC2)C1. The van der Waals surface area contributed by atoms with Crippen molar-refractivity contribution in [3.8, 4) is 0 Å². The molecule has 2 aliphatic heterocycles. The van der Waals surface area contributed by atoms with E-state index in [1.165, 1.54) is 70.9 Å². The molecule has 0 atom stereocenters. The predicted octanol–water partition coefficient (Wildman–Crippen LogP) is 2.47. The molecule has 1 spiro atoms. The maximum Gasteiger partial charge on any atom is 0.193 e. The van der Waals surface area contributed by atoms with Gasteiger partial charge in [0.05, 0.1) is 13.2 Å². The van der Waals surface area contributed by atoms with E-state index in [2.05, 4.69) is 20.1 Å². The van der Waals surface area contributed by atoms with Crippen LogP contribution in [0.15, 0.2) is 4.99 Å². The first-order chi connectivity index (χ1) is 12.3. The Morgan fingerprint density at radius 3 is 2.32 bits per heavy atom. The first kappa shape index (κ1) is 17.6. The van der Waals surface area contributed by atoms with Crippen LogP contribution >= 0.6 is 0 Å². The fourth-order valence-corrected chi connectivity index (χ4v) is 5.63. The summed E-state index contributed by atoms with van der Waals surface area (Å²) in [5.41, 5.74) is 0.941. The highest BCUT2D eigenvalue weighted by Gasteiger charge is 2.44. The van der Waals surface area contributed by atoms with Gasteiger partial charge in [0, 0.05) is 45.3 Å². The zero-order valence-corrected chi connectivity index (χ0v) is 16.1. The Morgan fingerprint density at radius 2 is 1.72 bits per heavy atom. The second kappa shape index (κ2) is 7.43. The van der Waals surface area contributed by atoms with E-state index in [1.54, 1.807) is 0 Å². The largest absolute Gasteiger partial charge is 0.379 e. The van der Waals surface area contributed by atoms with Gasteiger partial charge in [0.2, 0.25) is 0 Å². The molecule has 2 saturated carbocycles. The molecule has 2 saturated heterocycles. The van der Waals surface area contributed by atoms with Crippen LogP contribution < -0.4 is 5.32 Å². The van der Waals surface area contributed by atoms with Crippen molar-refractivity contribution < 1.29 is 4.74 Å². The molecule has 142 valence electrons. The Labute approximate surface area is 153 Å². The number of ether oxygens (including phenoxy) is 1. The average molecular weight is 349 g/mol. The number of rotatable bonds is 3. The van der Waals surface area contributed by atoms with E-state index in [0.717, 1.165) is 38.8 Å². The summed E-state index contributed by atoms with van der Waals surface area (Å²) >= 11 is 0. The second-order valence-corrected chi connectivity index (χ2v) is 8.81. The molecule has 0 unspecified atom stereocenters. The molecule has 4 aliphatic rings. The Morgan fingerprint density at radius 1 is 0.960 bits per heavy atom. The number of nitrogens with zero attached hydrogens (tertiary/aromatic N) is 3. The molecular weight excluding hydrogens is 312 g/mol. The fraction of sp³-hybridized carbons (Fsp3) is 0.950. The lowest BCUT2D eigenvalue weighted by Crippen LogP contribution is -2.60. The van der Waals surface area contributed by atoms with E-state index in [9.17, 15) is 0 Å². The van der Waals surface area contributed by atoms with Crippen molar-refractivity contribution in [3.63, 3.8) is 0 Å². The molecular formula is C20H36N4O. The molecule has 2 aliphatic carbocycles. The van der Waals surface area contributed by atoms with Gasteiger partial charge in [-0.3, -0.25) is 9.89 Å². The summed E-state index contributed by atoms with van der Waals surface area (Å²) in [4.78, 5) is 9.88. The lowest BCUT2D eigenvalue weighted by Gasteiger charge is -2.48. The number of aliphatic imine (C=N–C) groups is 1. The van der Waals surface area contributed by atoms with Crippen LogP contribution in [-0.4, -0.2) is 74.3 Å². The zero-order valence-electron chi connectivity index (χ0n) is 16.1. The Balaban J connectivity index is 1.39. The van der Waals surface area contributed by atoms with Gasteiger partial charge in [-0.25, -0.2) is 0 Å². The molecule has 2 heterocycles. The first-order valence-electron chi connectivity index (χ1n) is 10.5. The molecule has 0 aromatic rings. The van der Waals surface area contributed by atoms with Gasteiger partial charge in [0.25, 0.3) is 0 Å². The van der Waals surface area contributed by atoms with Crippen molar-refractivity contribution in [2.24, 2.45) is 10.4 Å². The van der Waals surface area contributed by atoms with E-state index in [1.807, 2.05) is 7.05 Å². The van der Waals surface area contributed by atoms with Crippen molar-refractivity contribution in [2.45, 2.75) is 63.3 Å². The Hall–Kier alpha value is -0.810. The molecule has 4 fully saturated rings. The van der Waals surface area contributed by atoms with E-state index >= 15 is 0 Å². The number of hydrogen-bond acceptors (Lipinski definition) is 3. The number of hydrogen-bond donors (Lipinski definition) is 1. The second-order valence-electron chi connectivity index (χ2n) is 8.81. The van der Waals surface area contributed by atoms with Gasteiger partial charge in [0.15, 0.2) is 5.96 Å². The highest BCUT2D eigenvalue weighted by Crippen LogP contribution is 2.47. The van der Waals surface area contributed by atoms with Gasteiger partial charge in [-0.2, -0.15) is 0 Å². The lowest BCUT2D eigenvalue weighted by molar-refractivity contribution is -0.0354. The van der Waals surface area contributed by atoms with E-state index in [0.29, 0.717) is 11.0 Å². The van der Waals surface area contributed by atoms with Crippen LogP contribution in [0.3, 0.4) is 0 Å². The quantitative estimate of drug-likeness (QED) is 0.628. The minimum absolute atomic E-state index is 0.311. The fourth-order valence-electron chi connectivity index (χ4n) is 5.63. The third-order valence-corrected chi connectivity index (χ3v) is 7.41. The van der Waals surface area contributed by atoms with Crippen LogP contribution in [-0.2, 0) is 4.74 Å². The van der Waals surface area contributed by atoms with E-state index in [-0.39, 0.29) is 0 Å². The monoisotopic (exact) mass is 348 g/mol. The van der Waals surface area contributed by atoms with E-state index in [4.69, 9.17) is 4.74 Å². The molecule has 0 aromatic heterocycles. The number of guanidine groups is 1. The van der Waals surface area contributed by atoms with Crippen LogP contribution in [0.5, 0.6) is 0 Å². The summed E-state index contributed by atoms with van der Waals surface area (Å²) in [5, 5.41) is 3.80. The molecule has 25 heavy (non-hydrogen) atoms. The highest BCUT2D eigenvalue weighted by molar-refractivity contribution is 5.80. The minimum atomic E-state index is 0.311. The van der Waals surface area contributed by atoms with Gasteiger partial charge >= 0.3 is 0 Å². The maximum atomic E-state index is 5.61. The molecule has 0 radical (unpaired) electrons. The van der Waals surface area contributed by atoms with Crippen LogP contribution in [0.1, 0.15) is 57.8 Å². The minimum Gasteiger partial charge on any atom is -0.379 e. The van der Waals surface area contributed by atoms with Crippen molar-refractivity contribution in [1.29, 1.82) is 0 Å². The number of nitrogens with one attached hydrogen (secondary N) is 1. The van der Waals surface area contributed by atoms with Crippen molar-refractivity contribution >= 4 is 5.96 Å². The van der Waals surface area contributed by atoms with Crippen LogP contribution in [0.4, 0.5) is 0 Å². The number of likely N-dealkylation sites (tertiary alicyclic amines) is 1. The van der Waals surface area contributed by atoms with Crippen LogP contribution in [0, 0.1) is 5.41 Å². The van der Waals surface area contributed by atoms with Crippen molar-refractivity contribution in [3.05, 3.63) is 0 Å². The normalized spacial score (nSPS) is 29.6. The van der Waals surface area contributed by atoms with E-state index < -0.39 is 0 Å².